The Bertz CT molecular complexity index is 561. The number of anilines is 1. The molecule has 1 heterocycles. The minimum absolute atomic E-state index is 0.109. The second kappa shape index (κ2) is 6.27. The first kappa shape index (κ1) is 14.2. The highest BCUT2D eigenvalue weighted by Gasteiger charge is 2.14. The van der Waals surface area contributed by atoms with E-state index in [-0.39, 0.29) is 11.8 Å². The van der Waals surface area contributed by atoms with E-state index in [2.05, 4.69) is 15.0 Å². The predicted molar refractivity (Wildman–Crippen MR) is 69.3 cm³/mol. The van der Waals surface area contributed by atoms with Crippen molar-refractivity contribution in [3.63, 3.8) is 0 Å². The van der Waals surface area contributed by atoms with Crippen LogP contribution in [0, 0.1) is 5.95 Å². The van der Waals surface area contributed by atoms with Crippen molar-refractivity contribution < 1.29 is 17.9 Å². The van der Waals surface area contributed by atoms with Gasteiger partial charge in [-0.25, -0.2) is 4.98 Å². The zero-order valence-corrected chi connectivity index (χ0v) is 10.7. The molecule has 2 aromatic rings. The fourth-order valence-electron chi connectivity index (χ4n) is 1.83. The number of hydrogen-bond acceptors (Lipinski definition) is 3. The highest BCUT2D eigenvalue weighted by molar-refractivity contribution is 5.45. The van der Waals surface area contributed by atoms with Gasteiger partial charge in [-0.05, 0) is 25.1 Å². The molecule has 0 bridgehead atoms. The number of nitrogens with zero attached hydrogens (tertiary/aromatic N) is 1. The van der Waals surface area contributed by atoms with Crippen molar-refractivity contribution in [1.29, 1.82) is 0 Å². The maximum Gasteiger partial charge on any atom is 0.387 e. The Hall–Kier alpha value is -2.24. The molecule has 1 aromatic heterocycles. The normalized spacial score (nSPS) is 12.2. The summed E-state index contributed by atoms with van der Waals surface area (Å²) in [6.07, 6.45) is 1.34. The summed E-state index contributed by atoms with van der Waals surface area (Å²) in [5, 5.41) is 3.04. The summed E-state index contributed by atoms with van der Waals surface area (Å²) in [6.45, 7) is -1.09. The zero-order chi connectivity index (χ0) is 14.5. The van der Waals surface area contributed by atoms with Crippen LogP contribution in [0.25, 0.3) is 0 Å². The highest BCUT2D eigenvalue weighted by Crippen LogP contribution is 2.28. The van der Waals surface area contributed by atoms with E-state index >= 15 is 0 Å². The Morgan fingerprint density at radius 3 is 2.55 bits per heavy atom. The highest BCUT2D eigenvalue weighted by atomic mass is 19.3. The molecule has 106 valence electrons. The summed E-state index contributed by atoms with van der Waals surface area (Å²) in [7, 11) is 0. The van der Waals surface area contributed by atoms with Gasteiger partial charge < -0.3 is 10.1 Å². The lowest BCUT2D eigenvalue weighted by Gasteiger charge is -2.18. The Kier molecular flexibility index (Phi) is 4.45. The second-order valence-electron chi connectivity index (χ2n) is 4.15. The fraction of sp³-hybridized carbons (Fsp3) is 0.214. The molecule has 0 spiro atoms. The van der Waals surface area contributed by atoms with Crippen LogP contribution in [0.15, 0.2) is 42.6 Å². The van der Waals surface area contributed by atoms with Crippen LogP contribution in [0.2, 0.25) is 0 Å². The molecule has 0 aliphatic carbocycles. The van der Waals surface area contributed by atoms with Crippen molar-refractivity contribution in [3.05, 3.63) is 54.1 Å². The monoisotopic (exact) mass is 282 g/mol. The number of alkyl halides is 2. The van der Waals surface area contributed by atoms with Gasteiger partial charge in [-0.15, -0.1) is 0 Å². The van der Waals surface area contributed by atoms with Gasteiger partial charge in [0, 0.05) is 5.56 Å². The number of para-hydroxylation sites is 1. The summed E-state index contributed by atoms with van der Waals surface area (Å²) in [5.74, 6) is -0.470. The molecular formula is C14H13F3N2O. The van der Waals surface area contributed by atoms with E-state index in [0.29, 0.717) is 11.3 Å². The van der Waals surface area contributed by atoms with E-state index in [0.717, 1.165) is 0 Å². The standard InChI is InChI=1S/C14H13F3N2O/c1-9(19-10-6-7-13(15)18-8-10)11-4-2-3-5-12(11)20-14(16)17/h2-9,14,19H,1H3. The number of aromatic nitrogens is 1. The summed E-state index contributed by atoms with van der Waals surface area (Å²) >= 11 is 0. The molecule has 2 rings (SSSR count). The van der Waals surface area contributed by atoms with E-state index < -0.39 is 12.6 Å². The van der Waals surface area contributed by atoms with E-state index in [9.17, 15) is 13.2 Å². The van der Waals surface area contributed by atoms with Crippen LogP contribution in [-0.4, -0.2) is 11.6 Å². The van der Waals surface area contributed by atoms with Gasteiger partial charge in [-0.1, -0.05) is 18.2 Å². The van der Waals surface area contributed by atoms with E-state index in [1.165, 1.54) is 24.4 Å². The van der Waals surface area contributed by atoms with Crippen molar-refractivity contribution in [3.8, 4) is 5.75 Å². The summed E-state index contributed by atoms with van der Waals surface area (Å²) in [4.78, 5) is 3.52. The molecule has 3 nitrogen and oxygen atoms in total. The van der Waals surface area contributed by atoms with Crippen LogP contribution < -0.4 is 10.1 Å². The predicted octanol–water partition coefficient (Wildman–Crippen LogP) is 4.00. The Balaban J connectivity index is 2.16. The number of benzene rings is 1. The molecule has 0 saturated carbocycles. The van der Waals surface area contributed by atoms with Gasteiger partial charge >= 0.3 is 6.61 Å². The lowest BCUT2D eigenvalue weighted by molar-refractivity contribution is -0.0505. The molecule has 1 unspecified atom stereocenters. The largest absolute Gasteiger partial charge is 0.434 e. The van der Waals surface area contributed by atoms with Gasteiger partial charge in [-0.2, -0.15) is 13.2 Å². The third kappa shape index (κ3) is 3.63. The van der Waals surface area contributed by atoms with E-state index in [1.807, 2.05) is 0 Å². The third-order valence-electron chi connectivity index (χ3n) is 2.71. The topological polar surface area (TPSA) is 34.2 Å². The number of hydrogen-bond donors (Lipinski definition) is 1. The first-order valence-corrected chi connectivity index (χ1v) is 5.98. The van der Waals surface area contributed by atoms with Crippen LogP contribution in [0.4, 0.5) is 18.9 Å². The van der Waals surface area contributed by atoms with Crippen molar-refractivity contribution >= 4 is 5.69 Å². The summed E-state index contributed by atoms with van der Waals surface area (Å²) < 4.78 is 41.9. The van der Waals surface area contributed by atoms with Gasteiger partial charge in [0.25, 0.3) is 0 Å². The molecule has 0 amide bonds. The van der Waals surface area contributed by atoms with Crippen LogP contribution in [0.3, 0.4) is 0 Å². The Morgan fingerprint density at radius 1 is 1.15 bits per heavy atom. The van der Waals surface area contributed by atoms with Gasteiger partial charge in [0.1, 0.15) is 5.75 Å². The van der Waals surface area contributed by atoms with Crippen LogP contribution in [0.5, 0.6) is 5.75 Å². The molecule has 6 heteroatoms. The number of nitrogens with one attached hydrogen (secondary N) is 1. The van der Waals surface area contributed by atoms with Crippen LogP contribution in [0.1, 0.15) is 18.5 Å². The quantitative estimate of drug-likeness (QED) is 0.842. The van der Waals surface area contributed by atoms with Gasteiger partial charge in [0.15, 0.2) is 0 Å². The van der Waals surface area contributed by atoms with E-state index in [1.54, 1.807) is 25.1 Å². The molecule has 0 aliphatic rings. The van der Waals surface area contributed by atoms with E-state index in [4.69, 9.17) is 0 Å². The molecule has 0 fully saturated rings. The number of rotatable bonds is 5. The fourth-order valence-corrected chi connectivity index (χ4v) is 1.83. The van der Waals surface area contributed by atoms with Crippen molar-refractivity contribution in [2.24, 2.45) is 0 Å². The minimum Gasteiger partial charge on any atom is -0.434 e. The number of halogens is 3. The Morgan fingerprint density at radius 2 is 1.90 bits per heavy atom. The van der Waals surface area contributed by atoms with Gasteiger partial charge in [-0.3, -0.25) is 0 Å². The third-order valence-corrected chi connectivity index (χ3v) is 2.71. The minimum atomic E-state index is -2.88. The molecular weight excluding hydrogens is 269 g/mol. The lowest BCUT2D eigenvalue weighted by Crippen LogP contribution is -2.11. The second-order valence-corrected chi connectivity index (χ2v) is 4.15. The molecule has 0 saturated heterocycles. The average molecular weight is 282 g/mol. The molecule has 1 N–H and O–H groups in total. The molecule has 1 atom stereocenters. The number of ether oxygens (including phenoxy) is 1. The average Bonchev–Trinajstić information content (AvgIpc) is 2.41. The van der Waals surface area contributed by atoms with Gasteiger partial charge in [0.05, 0.1) is 17.9 Å². The van der Waals surface area contributed by atoms with Crippen molar-refractivity contribution in [2.75, 3.05) is 5.32 Å². The van der Waals surface area contributed by atoms with Crippen molar-refractivity contribution in [2.45, 2.75) is 19.6 Å². The van der Waals surface area contributed by atoms with Crippen molar-refractivity contribution in [1.82, 2.24) is 4.98 Å². The first-order chi connectivity index (χ1) is 9.56. The van der Waals surface area contributed by atoms with Crippen LogP contribution >= 0.6 is 0 Å². The SMILES string of the molecule is CC(Nc1ccc(F)nc1)c1ccccc1OC(F)F. The smallest absolute Gasteiger partial charge is 0.387 e. The summed E-state index contributed by atoms with van der Waals surface area (Å²) in [6, 6.07) is 8.96. The molecule has 20 heavy (non-hydrogen) atoms. The Labute approximate surface area is 114 Å². The number of pyridine rings is 1. The first-order valence-electron chi connectivity index (χ1n) is 5.98. The molecule has 1 aromatic carbocycles. The van der Waals surface area contributed by atoms with Crippen LogP contribution in [-0.2, 0) is 0 Å². The lowest BCUT2D eigenvalue weighted by atomic mass is 10.1. The zero-order valence-electron chi connectivity index (χ0n) is 10.7. The maximum atomic E-state index is 12.7. The molecule has 0 aliphatic heterocycles. The molecule has 0 radical (unpaired) electrons. The summed E-state index contributed by atoms with van der Waals surface area (Å²) in [5.41, 5.74) is 1.17. The maximum absolute atomic E-state index is 12.7. The van der Waals surface area contributed by atoms with Gasteiger partial charge in [0.2, 0.25) is 5.95 Å².